The van der Waals surface area contributed by atoms with Crippen LogP contribution in [0.3, 0.4) is 0 Å². The summed E-state index contributed by atoms with van der Waals surface area (Å²) in [4.78, 5) is 17.7. The molecule has 0 aliphatic heterocycles. The van der Waals surface area contributed by atoms with E-state index in [1.54, 1.807) is 0 Å². The SMILES string of the molecule is Nc1ccnc(Oc2cc([N+](=O)[O-])ccc2Cl)n1. The number of hydrogen-bond acceptors (Lipinski definition) is 6. The molecule has 2 aromatic rings. The number of nitrogens with two attached hydrogens (primary N) is 1. The number of rotatable bonds is 3. The molecule has 0 spiro atoms. The minimum absolute atomic E-state index is 0.0302. The number of non-ortho nitro benzene ring substituents is 1. The molecule has 1 heterocycles. The first-order valence-corrected chi connectivity index (χ1v) is 5.14. The lowest BCUT2D eigenvalue weighted by atomic mass is 10.3. The molecule has 0 fully saturated rings. The number of nitro benzene ring substituents is 1. The van der Waals surface area contributed by atoms with E-state index in [-0.39, 0.29) is 28.3 Å². The van der Waals surface area contributed by atoms with Gasteiger partial charge in [0.15, 0.2) is 5.75 Å². The van der Waals surface area contributed by atoms with Gasteiger partial charge in [0.1, 0.15) is 5.82 Å². The topological polar surface area (TPSA) is 104 Å². The number of nitro groups is 1. The van der Waals surface area contributed by atoms with Gasteiger partial charge < -0.3 is 10.5 Å². The third-order valence-electron chi connectivity index (χ3n) is 1.98. The van der Waals surface area contributed by atoms with E-state index in [4.69, 9.17) is 22.1 Å². The monoisotopic (exact) mass is 266 g/mol. The van der Waals surface area contributed by atoms with Crippen molar-refractivity contribution in [2.45, 2.75) is 0 Å². The number of aromatic nitrogens is 2. The maximum Gasteiger partial charge on any atom is 0.323 e. The summed E-state index contributed by atoms with van der Waals surface area (Å²) in [5, 5.41) is 10.8. The maximum absolute atomic E-state index is 10.6. The zero-order chi connectivity index (χ0) is 13.1. The highest BCUT2D eigenvalue weighted by atomic mass is 35.5. The van der Waals surface area contributed by atoms with Crippen molar-refractivity contribution in [1.82, 2.24) is 9.97 Å². The van der Waals surface area contributed by atoms with Crippen LogP contribution in [-0.4, -0.2) is 14.9 Å². The molecule has 0 unspecified atom stereocenters. The largest absolute Gasteiger partial charge is 0.422 e. The first kappa shape index (κ1) is 12.1. The predicted octanol–water partition coefficient (Wildman–Crippen LogP) is 2.41. The Kier molecular flexibility index (Phi) is 3.24. The quantitative estimate of drug-likeness (QED) is 0.676. The average Bonchev–Trinajstić information content (AvgIpc) is 2.31. The van der Waals surface area contributed by atoms with Crippen LogP contribution in [0.15, 0.2) is 30.5 Å². The molecule has 0 aliphatic rings. The van der Waals surface area contributed by atoms with E-state index in [1.165, 1.54) is 30.5 Å². The van der Waals surface area contributed by atoms with Gasteiger partial charge in [-0.3, -0.25) is 10.1 Å². The van der Waals surface area contributed by atoms with Crippen LogP contribution in [0.4, 0.5) is 11.5 Å². The molecule has 8 heteroatoms. The summed E-state index contributed by atoms with van der Waals surface area (Å²) < 4.78 is 5.24. The lowest BCUT2D eigenvalue weighted by Crippen LogP contribution is -1.96. The van der Waals surface area contributed by atoms with Crippen LogP contribution in [0.25, 0.3) is 0 Å². The maximum atomic E-state index is 10.6. The van der Waals surface area contributed by atoms with E-state index < -0.39 is 4.92 Å². The average molecular weight is 267 g/mol. The van der Waals surface area contributed by atoms with Gasteiger partial charge in [-0.15, -0.1) is 0 Å². The molecule has 1 aromatic heterocycles. The normalized spacial score (nSPS) is 10.1. The van der Waals surface area contributed by atoms with Gasteiger partial charge in [-0.2, -0.15) is 4.98 Å². The number of benzene rings is 1. The molecule has 0 saturated carbocycles. The van der Waals surface area contributed by atoms with Crippen LogP contribution in [0.2, 0.25) is 5.02 Å². The van der Waals surface area contributed by atoms with Crippen molar-refractivity contribution in [3.63, 3.8) is 0 Å². The Labute approximate surface area is 106 Å². The second kappa shape index (κ2) is 4.84. The molecule has 0 atom stereocenters. The highest BCUT2D eigenvalue weighted by Gasteiger charge is 2.12. The fourth-order valence-corrected chi connectivity index (χ4v) is 1.34. The Morgan fingerprint density at radius 2 is 2.17 bits per heavy atom. The summed E-state index contributed by atoms with van der Waals surface area (Å²) in [6, 6.07) is 5.28. The summed E-state index contributed by atoms with van der Waals surface area (Å²) in [5.41, 5.74) is 5.32. The first-order valence-electron chi connectivity index (χ1n) is 4.76. The summed E-state index contributed by atoms with van der Waals surface area (Å²) in [6.45, 7) is 0. The standard InChI is InChI=1S/C10H7ClN4O3/c11-7-2-1-6(15(16)17)5-8(7)18-10-13-4-3-9(12)14-10/h1-5H,(H2,12,13,14). The Bertz CT molecular complexity index is 605. The van der Waals surface area contributed by atoms with Crippen LogP contribution in [-0.2, 0) is 0 Å². The van der Waals surface area contributed by atoms with Crippen molar-refractivity contribution >= 4 is 23.1 Å². The number of nitrogens with zero attached hydrogens (tertiary/aromatic N) is 3. The molecular formula is C10H7ClN4O3. The fraction of sp³-hybridized carbons (Fsp3) is 0. The summed E-state index contributed by atoms with van der Waals surface area (Å²) in [6.07, 6.45) is 1.41. The van der Waals surface area contributed by atoms with E-state index in [0.29, 0.717) is 0 Å². The number of nitrogen functional groups attached to an aromatic ring is 1. The summed E-state index contributed by atoms with van der Waals surface area (Å²) in [7, 11) is 0. The number of anilines is 1. The van der Waals surface area contributed by atoms with Crippen molar-refractivity contribution < 1.29 is 9.66 Å². The van der Waals surface area contributed by atoms with Crippen LogP contribution in [0.5, 0.6) is 11.8 Å². The van der Waals surface area contributed by atoms with Crippen molar-refractivity contribution in [2.75, 3.05) is 5.73 Å². The van der Waals surface area contributed by atoms with Gasteiger partial charge in [0.25, 0.3) is 5.69 Å². The Morgan fingerprint density at radius 1 is 1.39 bits per heavy atom. The van der Waals surface area contributed by atoms with Gasteiger partial charge >= 0.3 is 6.01 Å². The lowest BCUT2D eigenvalue weighted by Gasteiger charge is -2.05. The Hall–Kier alpha value is -2.41. The van der Waals surface area contributed by atoms with Crippen LogP contribution in [0, 0.1) is 10.1 Å². The van der Waals surface area contributed by atoms with Crippen molar-refractivity contribution in [1.29, 1.82) is 0 Å². The van der Waals surface area contributed by atoms with Crippen LogP contribution in [0.1, 0.15) is 0 Å². The van der Waals surface area contributed by atoms with E-state index in [0.717, 1.165) is 0 Å². The molecule has 2 N–H and O–H groups in total. The number of hydrogen-bond donors (Lipinski definition) is 1. The number of halogens is 1. The van der Waals surface area contributed by atoms with Crippen molar-refractivity contribution in [3.05, 3.63) is 45.6 Å². The zero-order valence-corrected chi connectivity index (χ0v) is 9.66. The highest BCUT2D eigenvalue weighted by Crippen LogP contribution is 2.31. The molecule has 0 amide bonds. The molecule has 2 rings (SSSR count). The molecule has 0 saturated heterocycles. The van der Waals surface area contributed by atoms with Crippen molar-refractivity contribution in [3.8, 4) is 11.8 Å². The molecule has 92 valence electrons. The molecular weight excluding hydrogens is 260 g/mol. The van der Waals surface area contributed by atoms with E-state index >= 15 is 0 Å². The molecule has 7 nitrogen and oxygen atoms in total. The molecule has 0 bridgehead atoms. The zero-order valence-electron chi connectivity index (χ0n) is 8.91. The highest BCUT2D eigenvalue weighted by molar-refractivity contribution is 6.32. The fourth-order valence-electron chi connectivity index (χ4n) is 1.19. The smallest absolute Gasteiger partial charge is 0.323 e. The van der Waals surface area contributed by atoms with Gasteiger partial charge in [-0.25, -0.2) is 4.98 Å². The van der Waals surface area contributed by atoms with Crippen LogP contribution < -0.4 is 10.5 Å². The van der Waals surface area contributed by atoms with Gasteiger partial charge in [0, 0.05) is 12.3 Å². The third kappa shape index (κ3) is 2.64. The van der Waals surface area contributed by atoms with Crippen LogP contribution >= 0.6 is 11.6 Å². The second-order valence-corrected chi connectivity index (χ2v) is 3.65. The van der Waals surface area contributed by atoms with E-state index in [1.807, 2.05) is 0 Å². The molecule has 0 radical (unpaired) electrons. The second-order valence-electron chi connectivity index (χ2n) is 3.24. The lowest BCUT2D eigenvalue weighted by molar-refractivity contribution is -0.384. The minimum Gasteiger partial charge on any atom is -0.422 e. The molecule has 0 aliphatic carbocycles. The molecule has 1 aromatic carbocycles. The Morgan fingerprint density at radius 3 is 2.83 bits per heavy atom. The molecule has 18 heavy (non-hydrogen) atoms. The summed E-state index contributed by atoms with van der Waals surface area (Å²) in [5.74, 6) is 0.318. The van der Waals surface area contributed by atoms with E-state index in [2.05, 4.69) is 9.97 Å². The van der Waals surface area contributed by atoms with Crippen molar-refractivity contribution in [2.24, 2.45) is 0 Å². The van der Waals surface area contributed by atoms with Gasteiger partial charge in [0.2, 0.25) is 0 Å². The third-order valence-corrected chi connectivity index (χ3v) is 2.29. The van der Waals surface area contributed by atoms with E-state index in [9.17, 15) is 10.1 Å². The first-order chi connectivity index (χ1) is 8.56. The number of ether oxygens (including phenoxy) is 1. The van der Waals surface area contributed by atoms with Gasteiger partial charge in [-0.1, -0.05) is 11.6 Å². The van der Waals surface area contributed by atoms with Gasteiger partial charge in [-0.05, 0) is 12.1 Å². The Balaban J connectivity index is 2.33. The summed E-state index contributed by atoms with van der Waals surface area (Å²) >= 11 is 5.86. The minimum atomic E-state index is -0.552. The van der Waals surface area contributed by atoms with Gasteiger partial charge in [0.05, 0.1) is 16.0 Å². The predicted molar refractivity (Wildman–Crippen MR) is 64.6 cm³/mol.